The zero-order chi connectivity index (χ0) is 27.0. The number of fused-ring (bicyclic) bond motifs is 1. The maximum absolute atomic E-state index is 14.4. The van der Waals surface area contributed by atoms with E-state index in [4.69, 9.17) is 0 Å². The van der Waals surface area contributed by atoms with E-state index in [0.29, 0.717) is 21.3 Å². The van der Waals surface area contributed by atoms with E-state index in [2.05, 4.69) is 31.3 Å². The van der Waals surface area contributed by atoms with Crippen LogP contribution >= 0.6 is 15.9 Å². The molecule has 0 aliphatic carbocycles. The lowest BCUT2D eigenvalue weighted by Crippen LogP contribution is -2.44. The molecular weight excluding hydrogens is 553 g/mol. The van der Waals surface area contributed by atoms with Gasteiger partial charge in [-0.1, -0.05) is 42.0 Å². The van der Waals surface area contributed by atoms with Crippen molar-refractivity contribution >= 4 is 50.2 Å². The second kappa shape index (κ2) is 10.4. The summed E-state index contributed by atoms with van der Waals surface area (Å²) in [6.45, 7) is 3.01. The van der Waals surface area contributed by atoms with Crippen LogP contribution in [0.4, 0.5) is 10.2 Å². The van der Waals surface area contributed by atoms with Gasteiger partial charge < -0.3 is 10.2 Å². The Kier molecular flexibility index (Phi) is 7.07. The molecule has 2 atom stereocenters. The molecule has 194 valence electrons. The summed E-state index contributed by atoms with van der Waals surface area (Å²) < 4.78 is 16.4. The summed E-state index contributed by atoms with van der Waals surface area (Å²) in [5, 5.41) is 7.71. The van der Waals surface area contributed by atoms with Crippen molar-refractivity contribution in [3.05, 3.63) is 76.5 Å². The second-order valence-corrected chi connectivity index (χ2v) is 10.2. The number of carbonyl (C=O) groups is 3. The van der Waals surface area contributed by atoms with Crippen LogP contribution in [0.15, 0.2) is 65.3 Å². The van der Waals surface area contributed by atoms with Crippen molar-refractivity contribution in [1.82, 2.24) is 19.7 Å². The maximum Gasteiger partial charge on any atom is 0.248 e. The second-order valence-electron chi connectivity index (χ2n) is 9.39. The highest BCUT2D eigenvalue weighted by atomic mass is 79.9. The third-order valence-corrected chi connectivity index (χ3v) is 7.03. The van der Waals surface area contributed by atoms with Gasteiger partial charge >= 0.3 is 0 Å². The van der Waals surface area contributed by atoms with Crippen LogP contribution in [0.3, 0.4) is 0 Å². The van der Waals surface area contributed by atoms with Gasteiger partial charge in [-0.05, 0) is 58.2 Å². The number of amides is 2. The first-order valence-electron chi connectivity index (χ1n) is 12.1. The first kappa shape index (κ1) is 25.7. The SMILES string of the molecule is CC(=O)c1nn(CC(=O)N2C[C@H](F)C[C@H]2C(=O)Nc2cccc(Br)n2)c2ccc(-c3ccc(C)cc3)cc12. The highest BCUT2D eigenvalue weighted by Crippen LogP contribution is 2.28. The van der Waals surface area contributed by atoms with Gasteiger partial charge in [-0.3, -0.25) is 19.1 Å². The molecule has 0 radical (unpaired) electrons. The molecule has 0 bridgehead atoms. The van der Waals surface area contributed by atoms with Crippen LogP contribution in [0.1, 0.15) is 29.4 Å². The quantitative estimate of drug-likeness (QED) is 0.258. The molecule has 0 spiro atoms. The van der Waals surface area contributed by atoms with Gasteiger partial charge in [0, 0.05) is 18.7 Å². The third kappa shape index (κ3) is 5.22. The van der Waals surface area contributed by atoms with Gasteiger partial charge in [0.25, 0.3) is 0 Å². The summed E-state index contributed by atoms with van der Waals surface area (Å²) >= 11 is 3.25. The van der Waals surface area contributed by atoms with Crippen molar-refractivity contribution < 1.29 is 18.8 Å². The summed E-state index contributed by atoms with van der Waals surface area (Å²) in [4.78, 5) is 44.1. The Bertz CT molecular complexity index is 1550. The van der Waals surface area contributed by atoms with Gasteiger partial charge in [0.2, 0.25) is 11.8 Å². The Morgan fingerprint density at radius 3 is 2.53 bits per heavy atom. The Morgan fingerprint density at radius 2 is 1.82 bits per heavy atom. The summed E-state index contributed by atoms with van der Waals surface area (Å²) in [6.07, 6.45) is -1.44. The molecule has 1 saturated heterocycles. The number of hydrogen-bond donors (Lipinski definition) is 1. The van der Waals surface area contributed by atoms with Crippen LogP contribution in [0.2, 0.25) is 0 Å². The summed E-state index contributed by atoms with van der Waals surface area (Å²) in [5.74, 6) is -0.908. The van der Waals surface area contributed by atoms with Gasteiger partial charge in [0.1, 0.15) is 34.9 Å². The van der Waals surface area contributed by atoms with Crippen LogP contribution in [0.5, 0.6) is 0 Å². The minimum absolute atomic E-state index is 0.107. The lowest BCUT2D eigenvalue weighted by molar-refractivity contribution is -0.137. The molecule has 1 aliphatic heterocycles. The average Bonchev–Trinajstić information content (AvgIpc) is 3.45. The number of Topliss-reactive ketones (excluding diaryl/α,β-unsaturated/α-hetero) is 1. The Morgan fingerprint density at radius 1 is 1.08 bits per heavy atom. The standard InChI is InChI=1S/C28H25BrFN5O3/c1-16-6-8-18(9-7-16)19-10-11-22-21(12-19)27(17(2)36)33-35(22)15-26(37)34-14-20(30)13-23(34)28(38)32-25-5-3-4-24(29)31-25/h3-12,20,23H,13-15H2,1-2H3,(H,31,32,38)/t20-,23+/m1/s1. The molecular formula is C28H25BrFN5O3. The van der Waals surface area contributed by atoms with Gasteiger partial charge in [-0.2, -0.15) is 5.10 Å². The smallest absolute Gasteiger partial charge is 0.248 e. The van der Waals surface area contributed by atoms with Crippen LogP contribution in [0, 0.1) is 6.92 Å². The molecule has 0 saturated carbocycles. The monoisotopic (exact) mass is 577 g/mol. The van der Waals surface area contributed by atoms with Gasteiger partial charge in [0.15, 0.2) is 5.78 Å². The van der Waals surface area contributed by atoms with E-state index >= 15 is 0 Å². The zero-order valence-electron chi connectivity index (χ0n) is 20.8. The van der Waals surface area contributed by atoms with E-state index in [1.807, 2.05) is 49.4 Å². The predicted molar refractivity (Wildman–Crippen MR) is 145 cm³/mol. The van der Waals surface area contributed by atoms with Crippen LogP contribution in [0.25, 0.3) is 22.0 Å². The number of halogens is 2. The molecule has 2 aromatic carbocycles. The lowest BCUT2D eigenvalue weighted by atomic mass is 10.0. The molecule has 5 rings (SSSR count). The number of ketones is 1. The first-order valence-corrected chi connectivity index (χ1v) is 12.9. The highest BCUT2D eigenvalue weighted by Gasteiger charge is 2.40. The number of rotatable bonds is 6. The molecule has 4 aromatic rings. The van der Waals surface area contributed by atoms with Crippen LogP contribution < -0.4 is 5.32 Å². The van der Waals surface area contributed by atoms with Crippen molar-refractivity contribution in [3.8, 4) is 11.1 Å². The highest BCUT2D eigenvalue weighted by molar-refractivity contribution is 9.10. The van der Waals surface area contributed by atoms with E-state index in [-0.39, 0.29) is 31.0 Å². The van der Waals surface area contributed by atoms with Crippen molar-refractivity contribution in [2.24, 2.45) is 0 Å². The Labute approximate surface area is 227 Å². The fourth-order valence-corrected chi connectivity index (χ4v) is 5.04. The fourth-order valence-electron chi connectivity index (χ4n) is 4.70. The number of nitrogens with one attached hydrogen (secondary N) is 1. The molecule has 8 nitrogen and oxygen atoms in total. The zero-order valence-corrected chi connectivity index (χ0v) is 22.4. The summed E-state index contributed by atoms with van der Waals surface area (Å²) in [5.41, 5.74) is 3.92. The normalized spacial score (nSPS) is 17.1. The molecule has 3 heterocycles. The molecule has 0 unspecified atom stereocenters. The van der Waals surface area contributed by atoms with Crippen molar-refractivity contribution in [3.63, 3.8) is 0 Å². The van der Waals surface area contributed by atoms with E-state index in [1.54, 1.807) is 18.2 Å². The molecule has 2 aromatic heterocycles. The lowest BCUT2D eigenvalue weighted by Gasteiger charge is -2.23. The molecule has 1 aliphatic rings. The van der Waals surface area contributed by atoms with Crippen molar-refractivity contribution in [2.75, 3.05) is 11.9 Å². The minimum Gasteiger partial charge on any atom is -0.326 e. The third-order valence-electron chi connectivity index (χ3n) is 6.59. The first-order chi connectivity index (χ1) is 18.2. The molecule has 2 amide bonds. The number of aryl methyl sites for hydroxylation is 1. The number of likely N-dealkylation sites (tertiary alicyclic amines) is 1. The van der Waals surface area contributed by atoms with Crippen molar-refractivity contribution in [1.29, 1.82) is 0 Å². The van der Waals surface area contributed by atoms with E-state index in [1.165, 1.54) is 16.5 Å². The van der Waals surface area contributed by atoms with E-state index in [9.17, 15) is 18.8 Å². The minimum atomic E-state index is -1.33. The van der Waals surface area contributed by atoms with Gasteiger partial charge in [-0.25, -0.2) is 9.37 Å². The number of alkyl halides is 1. The average molecular weight is 578 g/mol. The summed E-state index contributed by atoms with van der Waals surface area (Å²) in [6, 6.07) is 17.7. The molecule has 1 N–H and O–H groups in total. The van der Waals surface area contributed by atoms with Gasteiger partial charge in [-0.15, -0.1) is 0 Å². The fraction of sp³-hybridized carbons (Fsp3) is 0.250. The number of pyridine rings is 1. The van der Waals surface area contributed by atoms with E-state index in [0.717, 1.165) is 16.7 Å². The number of nitrogens with zero attached hydrogens (tertiary/aromatic N) is 4. The van der Waals surface area contributed by atoms with Crippen LogP contribution in [-0.4, -0.2) is 56.0 Å². The molecule has 38 heavy (non-hydrogen) atoms. The molecule has 10 heteroatoms. The number of anilines is 1. The number of benzene rings is 2. The van der Waals surface area contributed by atoms with Gasteiger partial charge in [0.05, 0.1) is 12.1 Å². The topological polar surface area (TPSA) is 97.2 Å². The largest absolute Gasteiger partial charge is 0.326 e. The number of carbonyl (C=O) groups excluding carboxylic acids is 3. The Hall–Kier alpha value is -3.92. The number of aromatic nitrogens is 3. The van der Waals surface area contributed by atoms with Crippen LogP contribution in [-0.2, 0) is 16.1 Å². The number of hydrogen-bond acceptors (Lipinski definition) is 5. The molecule has 1 fully saturated rings. The van der Waals surface area contributed by atoms with E-state index < -0.39 is 24.0 Å². The van der Waals surface area contributed by atoms with Crippen molar-refractivity contribution in [2.45, 2.75) is 39.0 Å². The predicted octanol–water partition coefficient (Wildman–Crippen LogP) is 4.95. The maximum atomic E-state index is 14.4. The Balaban J connectivity index is 1.41. The summed E-state index contributed by atoms with van der Waals surface area (Å²) in [7, 11) is 0.